The van der Waals surface area contributed by atoms with Gasteiger partial charge in [-0.1, -0.05) is 6.07 Å². The molecule has 0 unspecified atom stereocenters. The molecule has 0 aliphatic heterocycles. The van der Waals surface area contributed by atoms with E-state index in [2.05, 4.69) is 9.38 Å². The third kappa shape index (κ3) is 2.53. The van der Waals surface area contributed by atoms with Gasteiger partial charge in [-0.15, -0.1) is 11.3 Å². The molecule has 0 aromatic carbocycles. The Hall–Kier alpha value is -1.53. The minimum Gasteiger partial charge on any atom is -0.265 e. The van der Waals surface area contributed by atoms with Crippen molar-refractivity contribution in [3.8, 4) is 0 Å². The lowest BCUT2D eigenvalue weighted by molar-refractivity contribution is 0.600. The zero-order valence-corrected chi connectivity index (χ0v) is 9.78. The van der Waals surface area contributed by atoms with Crippen LogP contribution in [0.25, 0.3) is 0 Å². The SMILES string of the molecule is O=S(=O)(/N=C\c1ccncc1)c1cccs1. The summed E-state index contributed by atoms with van der Waals surface area (Å²) in [5, 5.41) is 1.70. The molecule has 82 valence electrons. The molecule has 0 N–H and O–H groups in total. The lowest BCUT2D eigenvalue weighted by Gasteiger charge is -1.93. The molecule has 0 amide bonds. The molecule has 0 aliphatic carbocycles. The molecule has 0 bridgehead atoms. The number of sulfonamides is 1. The number of thiophene rings is 1. The number of rotatable bonds is 3. The van der Waals surface area contributed by atoms with Gasteiger partial charge >= 0.3 is 0 Å². The highest BCUT2D eigenvalue weighted by Gasteiger charge is 2.11. The maximum atomic E-state index is 11.7. The Morgan fingerprint density at radius 2 is 2.00 bits per heavy atom. The van der Waals surface area contributed by atoms with E-state index in [1.165, 1.54) is 12.3 Å². The van der Waals surface area contributed by atoms with Gasteiger partial charge in [-0.05, 0) is 29.1 Å². The molecule has 0 saturated heterocycles. The molecule has 6 heteroatoms. The fraction of sp³-hybridized carbons (Fsp3) is 0. The summed E-state index contributed by atoms with van der Waals surface area (Å²) < 4.78 is 27.2. The zero-order valence-electron chi connectivity index (χ0n) is 8.15. The second-order valence-corrected chi connectivity index (χ2v) is 5.73. The van der Waals surface area contributed by atoms with Crippen LogP contribution in [0, 0.1) is 0 Å². The van der Waals surface area contributed by atoms with Gasteiger partial charge in [0.2, 0.25) is 0 Å². The lowest BCUT2D eigenvalue weighted by atomic mass is 10.3. The summed E-state index contributed by atoms with van der Waals surface area (Å²) in [4.78, 5) is 3.83. The summed E-state index contributed by atoms with van der Waals surface area (Å²) in [6.07, 6.45) is 4.48. The van der Waals surface area contributed by atoms with E-state index in [9.17, 15) is 8.42 Å². The van der Waals surface area contributed by atoms with Crippen LogP contribution in [-0.2, 0) is 10.0 Å². The van der Waals surface area contributed by atoms with E-state index in [0.29, 0.717) is 5.56 Å². The number of nitrogens with zero attached hydrogens (tertiary/aromatic N) is 2. The standard InChI is InChI=1S/C10H8N2O2S2/c13-16(14,10-2-1-7-15-10)12-8-9-3-5-11-6-4-9/h1-8H/b12-8-. The lowest BCUT2D eigenvalue weighted by Crippen LogP contribution is -1.94. The van der Waals surface area contributed by atoms with Crippen LogP contribution in [0.1, 0.15) is 5.56 Å². The largest absolute Gasteiger partial charge is 0.291 e. The molecule has 0 fully saturated rings. The van der Waals surface area contributed by atoms with Crippen molar-refractivity contribution in [2.24, 2.45) is 4.40 Å². The molecule has 16 heavy (non-hydrogen) atoms. The summed E-state index contributed by atoms with van der Waals surface area (Å²) in [6, 6.07) is 6.59. The second-order valence-electron chi connectivity index (χ2n) is 2.92. The minimum absolute atomic E-state index is 0.248. The smallest absolute Gasteiger partial charge is 0.265 e. The molecule has 0 aliphatic rings. The molecule has 0 saturated carbocycles. The molecule has 0 radical (unpaired) electrons. The third-order valence-corrected chi connectivity index (χ3v) is 4.41. The predicted molar refractivity (Wildman–Crippen MR) is 63.3 cm³/mol. The van der Waals surface area contributed by atoms with Crippen LogP contribution >= 0.6 is 11.3 Å². The van der Waals surface area contributed by atoms with Gasteiger partial charge in [0.15, 0.2) is 0 Å². The van der Waals surface area contributed by atoms with Crippen LogP contribution in [-0.4, -0.2) is 19.6 Å². The molecule has 2 aromatic rings. The Bertz CT molecular complexity index is 575. The maximum absolute atomic E-state index is 11.7. The summed E-state index contributed by atoms with van der Waals surface area (Å²) >= 11 is 1.15. The van der Waals surface area contributed by atoms with Gasteiger partial charge in [0.05, 0.1) is 0 Å². The second kappa shape index (κ2) is 4.54. The van der Waals surface area contributed by atoms with Crippen LogP contribution in [0.2, 0.25) is 0 Å². The molecule has 4 nitrogen and oxygen atoms in total. The minimum atomic E-state index is -3.55. The number of aromatic nitrogens is 1. The van der Waals surface area contributed by atoms with Gasteiger partial charge in [-0.3, -0.25) is 4.98 Å². The fourth-order valence-corrected chi connectivity index (χ4v) is 2.89. The Morgan fingerprint density at radius 3 is 2.62 bits per heavy atom. The van der Waals surface area contributed by atoms with Crippen molar-refractivity contribution in [2.75, 3.05) is 0 Å². The number of pyridine rings is 1. The van der Waals surface area contributed by atoms with Gasteiger partial charge in [0.25, 0.3) is 10.0 Å². The van der Waals surface area contributed by atoms with E-state index in [1.54, 1.807) is 36.0 Å². The van der Waals surface area contributed by atoms with E-state index in [1.807, 2.05) is 0 Å². The first-order valence-corrected chi connectivity index (χ1v) is 6.74. The molecule has 2 heterocycles. The van der Waals surface area contributed by atoms with Crippen molar-refractivity contribution in [2.45, 2.75) is 4.21 Å². The molecule has 2 aromatic heterocycles. The van der Waals surface area contributed by atoms with Crippen LogP contribution in [0.15, 0.2) is 50.6 Å². The van der Waals surface area contributed by atoms with Crippen LogP contribution < -0.4 is 0 Å². The van der Waals surface area contributed by atoms with E-state index in [-0.39, 0.29) is 4.21 Å². The molecular weight excluding hydrogens is 244 g/mol. The van der Waals surface area contributed by atoms with Crippen LogP contribution in [0.4, 0.5) is 0 Å². The molecule has 0 atom stereocenters. The van der Waals surface area contributed by atoms with Crippen molar-refractivity contribution in [3.05, 3.63) is 47.6 Å². The summed E-state index contributed by atoms with van der Waals surface area (Å²) in [5.74, 6) is 0. The predicted octanol–water partition coefficient (Wildman–Crippen LogP) is 1.95. The Balaban J connectivity index is 2.26. The Morgan fingerprint density at radius 1 is 1.25 bits per heavy atom. The normalized spacial score (nSPS) is 12.0. The van der Waals surface area contributed by atoms with E-state index < -0.39 is 10.0 Å². The number of hydrogen-bond acceptors (Lipinski definition) is 4. The van der Waals surface area contributed by atoms with E-state index in [4.69, 9.17) is 0 Å². The summed E-state index contributed by atoms with van der Waals surface area (Å²) in [6.45, 7) is 0. The molecule has 0 spiro atoms. The quantitative estimate of drug-likeness (QED) is 0.784. The molecule has 2 rings (SSSR count). The van der Waals surface area contributed by atoms with Crippen LogP contribution in [0.3, 0.4) is 0 Å². The maximum Gasteiger partial charge on any atom is 0.291 e. The highest BCUT2D eigenvalue weighted by atomic mass is 32.2. The van der Waals surface area contributed by atoms with Gasteiger partial charge in [-0.25, -0.2) is 0 Å². The van der Waals surface area contributed by atoms with Crippen LogP contribution in [0.5, 0.6) is 0 Å². The highest BCUT2D eigenvalue weighted by molar-refractivity contribution is 7.92. The van der Waals surface area contributed by atoms with E-state index >= 15 is 0 Å². The van der Waals surface area contributed by atoms with Gasteiger partial charge < -0.3 is 0 Å². The Labute approximate surface area is 97.4 Å². The van der Waals surface area contributed by atoms with Crippen molar-refractivity contribution in [3.63, 3.8) is 0 Å². The zero-order chi connectivity index (χ0) is 11.4. The summed E-state index contributed by atoms with van der Waals surface area (Å²) in [7, 11) is -3.55. The number of hydrogen-bond donors (Lipinski definition) is 0. The van der Waals surface area contributed by atoms with Gasteiger partial charge in [0.1, 0.15) is 4.21 Å². The first-order valence-electron chi connectivity index (χ1n) is 4.42. The Kier molecular flexibility index (Phi) is 3.12. The van der Waals surface area contributed by atoms with E-state index in [0.717, 1.165) is 11.3 Å². The average Bonchev–Trinajstić information content (AvgIpc) is 2.82. The summed E-state index contributed by atoms with van der Waals surface area (Å²) in [5.41, 5.74) is 0.704. The average molecular weight is 252 g/mol. The van der Waals surface area contributed by atoms with Gasteiger partial charge in [0, 0.05) is 18.6 Å². The topological polar surface area (TPSA) is 59.4 Å². The first kappa shape index (κ1) is 11.0. The van der Waals surface area contributed by atoms with Crippen molar-refractivity contribution < 1.29 is 8.42 Å². The fourth-order valence-electron chi connectivity index (χ4n) is 1.04. The van der Waals surface area contributed by atoms with Gasteiger partial charge in [-0.2, -0.15) is 12.8 Å². The van der Waals surface area contributed by atoms with Crippen molar-refractivity contribution in [1.29, 1.82) is 0 Å². The monoisotopic (exact) mass is 252 g/mol. The van der Waals surface area contributed by atoms with Crippen molar-refractivity contribution >= 4 is 27.6 Å². The first-order chi connectivity index (χ1) is 7.68. The highest BCUT2D eigenvalue weighted by Crippen LogP contribution is 2.17. The van der Waals surface area contributed by atoms with Crippen molar-refractivity contribution in [1.82, 2.24) is 4.98 Å². The molecular formula is C10H8N2O2S2. The third-order valence-electron chi connectivity index (χ3n) is 1.80.